The van der Waals surface area contributed by atoms with Gasteiger partial charge >= 0.3 is 5.69 Å². The Morgan fingerprint density at radius 1 is 1.00 bits per heavy atom. The van der Waals surface area contributed by atoms with Crippen LogP contribution in [0, 0.1) is 11.8 Å². The van der Waals surface area contributed by atoms with Crippen molar-refractivity contribution in [3.8, 4) is 0 Å². The first kappa shape index (κ1) is 15.0. The lowest BCUT2D eigenvalue weighted by Crippen LogP contribution is -2.44. The minimum absolute atomic E-state index is 0.259. The van der Waals surface area contributed by atoms with Crippen molar-refractivity contribution in [2.75, 3.05) is 13.1 Å². The molecule has 1 saturated heterocycles. The van der Waals surface area contributed by atoms with Gasteiger partial charge in [0.05, 0.1) is 15.9 Å². The zero-order valence-corrected chi connectivity index (χ0v) is 13.7. The lowest BCUT2D eigenvalue weighted by molar-refractivity contribution is 0.136. The van der Waals surface area contributed by atoms with Crippen LogP contribution in [-0.2, 0) is 10.0 Å². The van der Waals surface area contributed by atoms with Gasteiger partial charge in [-0.3, -0.25) is 0 Å². The van der Waals surface area contributed by atoms with Gasteiger partial charge in [-0.25, -0.2) is 13.2 Å². The zero-order valence-electron chi connectivity index (χ0n) is 12.9. The molecule has 23 heavy (non-hydrogen) atoms. The molecule has 1 aliphatic heterocycles. The summed E-state index contributed by atoms with van der Waals surface area (Å²) >= 11 is 0. The van der Waals surface area contributed by atoms with Crippen molar-refractivity contribution in [2.45, 2.75) is 37.0 Å². The van der Waals surface area contributed by atoms with Gasteiger partial charge in [0, 0.05) is 13.1 Å². The summed E-state index contributed by atoms with van der Waals surface area (Å²) < 4.78 is 27.5. The fourth-order valence-electron chi connectivity index (χ4n) is 4.11. The Kier molecular flexibility index (Phi) is 3.57. The van der Waals surface area contributed by atoms with Gasteiger partial charge in [-0.1, -0.05) is 19.3 Å². The SMILES string of the molecule is O=c1[nH]c2ccc(S(=O)(=O)N3CC[C@H]4CCCC[C@@H]4C3)cc2[nH]1. The van der Waals surface area contributed by atoms with Crippen molar-refractivity contribution in [1.82, 2.24) is 14.3 Å². The third kappa shape index (κ3) is 2.61. The van der Waals surface area contributed by atoms with E-state index >= 15 is 0 Å². The van der Waals surface area contributed by atoms with Gasteiger partial charge in [0.2, 0.25) is 10.0 Å². The summed E-state index contributed by atoms with van der Waals surface area (Å²) in [5, 5.41) is 0. The second-order valence-electron chi connectivity index (χ2n) is 6.74. The van der Waals surface area contributed by atoms with E-state index in [4.69, 9.17) is 0 Å². The van der Waals surface area contributed by atoms with Crippen LogP contribution in [0.15, 0.2) is 27.9 Å². The smallest absolute Gasteiger partial charge is 0.306 e. The molecular weight excluding hydrogens is 314 g/mol. The van der Waals surface area contributed by atoms with Gasteiger partial charge in [0.25, 0.3) is 0 Å². The molecule has 2 heterocycles. The van der Waals surface area contributed by atoms with E-state index in [1.54, 1.807) is 22.5 Å². The number of nitrogens with zero attached hydrogens (tertiary/aromatic N) is 1. The predicted molar refractivity (Wildman–Crippen MR) is 87.7 cm³/mol. The van der Waals surface area contributed by atoms with E-state index in [0.29, 0.717) is 36.0 Å². The van der Waals surface area contributed by atoms with Crippen LogP contribution in [0.2, 0.25) is 0 Å². The summed E-state index contributed by atoms with van der Waals surface area (Å²) in [4.78, 5) is 16.9. The fraction of sp³-hybridized carbons (Fsp3) is 0.562. The molecule has 1 aliphatic carbocycles. The van der Waals surface area contributed by atoms with E-state index in [2.05, 4.69) is 9.97 Å². The maximum absolute atomic E-state index is 12.9. The van der Waals surface area contributed by atoms with Crippen molar-refractivity contribution < 1.29 is 8.42 Å². The average molecular weight is 335 g/mol. The third-order valence-corrected chi connectivity index (χ3v) is 7.24. The third-order valence-electron chi connectivity index (χ3n) is 5.38. The van der Waals surface area contributed by atoms with Crippen molar-refractivity contribution in [2.24, 2.45) is 11.8 Å². The lowest BCUT2D eigenvalue weighted by Gasteiger charge is -2.40. The summed E-state index contributed by atoms with van der Waals surface area (Å²) in [6.07, 6.45) is 5.85. The van der Waals surface area contributed by atoms with Crippen LogP contribution in [0.25, 0.3) is 11.0 Å². The number of sulfonamides is 1. The molecule has 0 spiro atoms. The first-order valence-electron chi connectivity index (χ1n) is 8.26. The molecule has 0 amide bonds. The van der Waals surface area contributed by atoms with Gasteiger partial charge in [0.1, 0.15) is 0 Å². The summed E-state index contributed by atoms with van der Waals surface area (Å²) in [6.45, 7) is 1.24. The van der Waals surface area contributed by atoms with Gasteiger partial charge < -0.3 is 9.97 Å². The van der Waals surface area contributed by atoms with E-state index < -0.39 is 10.0 Å². The molecular formula is C16H21N3O3S. The zero-order chi connectivity index (χ0) is 16.0. The molecule has 1 saturated carbocycles. The van der Waals surface area contributed by atoms with Gasteiger partial charge in [-0.2, -0.15) is 4.31 Å². The highest BCUT2D eigenvalue weighted by Crippen LogP contribution is 2.37. The lowest BCUT2D eigenvalue weighted by atomic mass is 9.76. The average Bonchev–Trinajstić information content (AvgIpc) is 2.93. The van der Waals surface area contributed by atoms with Crippen LogP contribution in [0.3, 0.4) is 0 Å². The molecule has 0 bridgehead atoms. The normalized spacial score (nSPS) is 26.3. The monoisotopic (exact) mass is 335 g/mol. The number of benzene rings is 1. The maximum Gasteiger partial charge on any atom is 0.323 e. The van der Waals surface area contributed by atoms with Crippen molar-refractivity contribution in [3.63, 3.8) is 0 Å². The highest BCUT2D eigenvalue weighted by Gasteiger charge is 2.36. The molecule has 2 aliphatic rings. The molecule has 2 N–H and O–H groups in total. The molecule has 0 unspecified atom stereocenters. The molecule has 2 fully saturated rings. The summed E-state index contributed by atoms with van der Waals surface area (Å²) in [7, 11) is -3.50. The van der Waals surface area contributed by atoms with Crippen LogP contribution in [-0.4, -0.2) is 35.8 Å². The molecule has 0 radical (unpaired) electrons. The highest BCUT2D eigenvalue weighted by molar-refractivity contribution is 7.89. The Labute approximate surface area is 134 Å². The first-order chi connectivity index (χ1) is 11.0. The maximum atomic E-state index is 12.9. The van der Waals surface area contributed by atoms with Gasteiger partial charge in [-0.05, 0) is 42.9 Å². The Morgan fingerprint density at radius 2 is 1.74 bits per heavy atom. The van der Waals surface area contributed by atoms with Crippen molar-refractivity contribution in [1.29, 1.82) is 0 Å². The van der Waals surface area contributed by atoms with E-state index in [1.807, 2.05) is 0 Å². The van der Waals surface area contributed by atoms with Crippen LogP contribution in [0.5, 0.6) is 0 Å². The standard InChI is InChI=1S/C16H21N3O3S/c20-16-17-14-6-5-13(9-15(14)18-16)23(21,22)19-8-7-11-3-1-2-4-12(11)10-19/h5-6,9,11-12H,1-4,7-8,10H2,(H2,17,18,20)/t11-,12-/m1/s1. The number of aromatic amines is 2. The number of hydrogen-bond donors (Lipinski definition) is 2. The van der Waals surface area contributed by atoms with E-state index in [-0.39, 0.29) is 10.6 Å². The molecule has 2 atom stereocenters. The molecule has 7 heteroatoms. The summed E-state index contributed by atoms with van der Waals surface area (Å²) in [6, 6.07) is 4.78. The molecule has 124 valence electrons. The number of imidazole rings is 1. The van der Waals surface area contributed by atoms with Gasteiger partial charge in [0.15, 0.2) is 0 Å². The molecule has 2 aromatic rings. The number of fused-ring (bicyclic) bond motifs is 2. The summed E-state index contributed by atoms with van der Waals surface area (Å²) in [5.74, 6) is 1.20. The van der Waals surface area contributed by atoms with E-state index in [9.17, 15) is 13.2 Å². The number of nitrogens with one attached hydrogen (secondary N) is 2. The Morgan fingerprint density at radius 3 is 2.57 bits per heavy atom. The summed E-state index contributed by atoms with van der Waals surface area (Å²) in [5.41, 5.74) is 0.834. The van der Waals surface area contributed by atoms with Crippen LogP contribution < -0.4 is 5.69 Å². The highest BCUT2D eigenvalue weighted by atomic mass is 32.2. The number of H-pyrrole nitrogens is 2. The van der Waals surface area contributed by atoms with E-state index in [0.717, 1.165) is 12.8 Å². The van der Waals surface area contributed by atoms with Crippen LogP contribution >= 0.6 is 0 Å². The molecule has 4 rings (SSSR count). The minimum Gasteiger partial charge on any atom is -0.306 e. The van der Waals surface area contributed by atoms with Crippen LogP contribution in [0.1, 0.15) is 32.1 Å². The number of rotatable bonds is 2. The number of aromatic nitrogens is 2. The first-order valence-corrected chi connectivity index (χ1v) is 9.70. The fourth-order valence-corrected chi connectivity index (χ4v) is 5.65. The second kappa shape index (κ2) is 5.49. The van der Waals surface area contributed by atoms with Gasteiger partial charge in [-0.15, -0.1) is 0 Å². The van der Waals surface area contributed by atoms with Crippen molar-refractivity contribution in [3.05, 3.63) is 28.7 Å². The largest absolute Gasteiger partial charge is 0.323 e. The Hall–Kier alpha value is -1.60. The molecule has 1 aromatic heterocycles. The molecule has 6 nitrogen and oxygen atoms in total. The topological polar surface area (TPSA) is 86.0 Å². The van der Waals surface area contributed by atoms with Crippen molar-refractivity contribution >= 4 is 21.1 Å². The second-order valence-corrected chi connectivity index (χ2v) is 8.68. The number of piperidine rings is 1. The van der Waals surface area contributed by atoms with E-state index in [1.165, 1.54) is 19.3 Å². The van der Waals surface area contributed by atoms with Crippen LogP contribution in [0.4, 0.5) is 0 Å². The molecule has 1 aromatic carbocycles. The Balaban J connectivity index is 1.64. The minimum atomic E-state index is -3.50. The quantitative estimate of drug-likeness (QED) is 0.881. The number of hydrogen-bond acceptors (Lipinski definition) is 3. The predicted octanol–water partition coefficient (Wildman–Crippen LogP) is 2.06. The Bertz CT molecular complexity index is 883.